The zero-order valence-electron chi connectivity index (χ0n) is 11.5. The van der Waals surface area contributed by atoms with Crippen molar-refractivity contribution in [2.75, 3.05) is 15.4 Å². The van der Waals surface area contributed by atoms with Crippen molar-refractivity contribution >= 4 is 55.6 Å². The average molecular weight is 372 g/mol. The van der Waals surface area contributed by atoms with Crippen LogP contribution in [0, 0.1) is 0 Å². The molecule has 0 radical (unpaired) electrons. The summed E-state index contributed by atoms with van der Waals surface area (Å²) in [5.74, 6) is -1.30. The van der Waals surface area contributed by atoms with Crippen molar-refractivity contribution in [3.8, 4) is 0 Å². The number of halogens is 1. The molecule has 0 atom stereocenters. The number of thiazole rings is 1. The van der Waals surface area contributed by atoms with Gasteiger partial charge < -0.3 is 0 Å². The van der Waals surface area contributed by atoms with Gasteiger partial charge in [-0.3, -0.25) is 14.9 Å². The lowest BCUT2D eigenvalue weighted by molar-refractivity contribution is -0.116. The fourth-order valence-electron chi connectivity index (χ4n) is 2.13. The Hall–Kier alpha value is -1.97. The molecule has 1 aromatic heterocycles. The minimum absolute atomic E-state index is 0.0641. The van der Waals surface area contributed by atoms with Gasteiger partial charge in [0.15, 0.2) is 5.13 Å². The second-order valence-corrected chi connectivity index (χ2v) is 7.92. The Morgan fingerprint density at radius 2 is 2.17 bits per heavy atom. The zero-order valence-corrected chi connectivity index (χ0v) is 13.9. The van der Waals surface area contributed by atoms with Crippen molar-refractivity contribution in [2.24, 2.45) is 0 Å². The zero-order chi connectivity index (χ0) is 16.6. The molecule has 2 heterocycles. The van der Waals surface area contributed by atoms with Crippen LogP contribution >= 0.6 is 22.9 Å². The number of carbonyl (C=O) groups is 2. The molecule has 1 aromatic carbocycles. The van der Waals surface area contributed by atoms with E-state index in [0.29, 0.717) is 9.44 Å². The van der Waals surface area contributed by atoms with E-state index in [1.807, 2.05) is 0 Å². The third-order valence-corrected chi connectivity index (χ3v) is 5.87. The highest BCUT2D eigenvalue weighted by molar-refractivity contribution is 7.94. The van der Waals surface area contributed by atoms with E-state index in [0.717, 1.165) is 0 Å². The monoisotopic (exact) mass is 371 g/mol. The van der Waals surface area contributed by atoms with Crippen LogP contribution in [0.1, 0.15) is 16.8 Å². The molecule has 0 saturated carbocycles. The van der Waals surface area contributed by atoms with Crippen LogP contribution in [0.15, 0.2) is 29.8 Å². The fraction of sp³-hybridized carbons (Fsp3) is 0.154. The number of amides is 2. The summed E-state index contributed by atoms with van der Waals surface area (Å²) in [5.41, 5.74) is 0.162. The molecule has 2 aromatic rings. The fourth-order valence-corrected chi connectivity index (χ4v) is 4.31. The van der Waals surface area contributed by atoms with Gasteiger partial charge in [-0.25, -0.2) is 17.7 Å². The average Bonchev–Trinajstić information content (AvgIpc) is 3.08. The van der Waals surface area contributed by atoms with E-state index >= 15 is 0 Å². The van der Waals surface area contributed by atoms with Crippen LogP contribution in [0.3, 0.4) is 0 Å². The van der Waals surface area contributed by atoms with E-state index in [1.54, 1.807) is 5.38 Å². The molecule has 3 rings (SSSR count). The highest BCUT2D eigenvalue weighted by atomic mass is 35.5. The Labute approximate surface area is 140 Å². The molecule has 23 heavy (non-hydrogen) atoms. The maximum atomic E-state index is 12.3. The maximum absolute atomic E-state index is 12.3. The van der Waals surface area contributed by atoms with Gasteiger partial charge in [-0.2, -0.15) is 0 Å². The van der Waals surface area contributed by atoms with Crippen LogP contribution in [0.4, 0.5) is 10.8 Å². The van der Waals surface area contributed by atoms with Gasteiger partial charge in [-0.15, -0.1) is 11.3 Å². The lowest BCUT2D eigenvalue weighted by Gasteiger charge is -2.16. The van der Waals surface area contributed by atoms with Crippen LogP contribution in [0.25, 0.3) is 0 Å². The molecule has 1 N–H and O–H groups in total. The van der Waals surface area contributed by atoms with Crippen LogP contribution in [-0.2, 0) is 14.8 Å². The lowest BCUT2D eigenvalue weighted by Crippen LogP contribution is -2.29. The maximum Gasteiger partial charge on any atom is 0.259 e. The molecule has 2 amide bonds. The summed E-state index contributed by atoms with van der Waals surface area (Å²) in [6.07, 6.45) is 1.46. The van der Waals surface area contributed by atoms with Crippen molar-refractivity contribution < 1.29 is 18.0 Å². The number of hydrogen-bond donors (Lipinski definition) is 1. The summed E-state index contributed by atoms with van der Waals surface area (Å²) in [4.78, 5) is 28.0. The van der Waals surface area contributed by atoms with Crippen molar-refractivity contribution in [3.63, 3.8) is 0 Å². The summed E-state index contributed by atoms with van der Waals surface area (Å²) in [6, 6.07) is 4.06. The predicted octanol–water partition coefficient (Wildman–Crippen LogP) is 2.12. The number of benzene rings is 1. The predicted molar refractivity (Wildman–Crippen MR) is 87.4 cm³/mol. The van der Waals surface area contributed by atoms with Gasteiger partial charge in [-0.05, 0) is 18.2 Å². The van der Waals surface area contributed by atoms with Crippen LogP contribution in [-0.4, -0.2) is 31.0 Å². The summed E-state index contributed by atoms with van der Waals surface area (Å²) < 4.78 is 24.6. The number of hydrogen-bond acceptors (Lipinski definition) is 6. The van der Waals surface area contributed by atoms with Gasteiger partial charge in [0.2, 0.25) is 15.9 Å². The van der Waals surface area contributed by atoms with Gasteiger partial charge >= 0.3 is 0 Å². The molecule has 1 aliphatic rings. The first kappa shape index (κ1) is 15.9. The molecule has 1 aliphatic heterocycles. The Bertz CT molecular complexity index is 881. The van der Waals surface area contributed by atoms with Gasteiger partial charge in [0.25, 0.3) is 5.91 Å². The standard InChI is InChI=1S/C13H10ClN3O4S2/c14-10-2-1-8(17-11(18)3-6-23(17,20)21)7-9(10)12(19)16-13-15-4-5-22-13/h1-2,4-5,7H,3,6H2,(H,15,16,19). The van der Waals surface area contributed by atoms with Gasteiger partial charge in [0, 0.05) is 18.0 Å². The second-order valence-electron chi connectivity index (χ2n) is 4.68. The normalized spacial score (nSPS) is 16.6. The molecule has 120 valence electrons. The van der Waals surface area contributed by atoms with E-state index in [-0.39, 0.29) is 28.4 Å². The van der Waals surface area contributed by atoms with Crippen molar-refractivity contribution in [3.05, 3.63) is 40.4 Å². The molecule has 0 unspecified atom stereocenters. The van der Waals surface area contributed by atoms with Crippen LogP contribution < -0.4 is 9.62 Å². The number of aromatic nitrogens is 1. The highest BCUT2D eigenvalue weighted by Gasteiger charge is 2.36. The number of sulfonamides is 1. The Balaban J connectivity index is 1.96. The Morgan fingerprint density at radius 3 is 2.78 bits per heavy atom. The molecule has 0 aliphatic carbocycles. The van der Waals surface area contributed by atoms with Crippen LogP contribution in [0.5, 0.6) is 0 Å². The summed E-state index contributed by atoms with van der Waals surface area (Å²) in [5, 5.41) is 4.79. The SMILES string of the molecule is O=C(Nc1nccs1)c1cc(N2C(=O)CCS2(=O)=O)ccc1Cl. The van der Waals surface area contributed by atoms with Crippen molar-refractivity contribution in [1.29, 1.82) is 0 Å². The number of rotatable bonds is 3. The number of carbonyl (C=O) groups excluding carboxylic acids is 2. The van der Waals surface area contributed by atoms with E-state index in [2.05, 4.69) is 10.3 Å². The topological polar surface area (TPSA) is 96.4 Å². The first-order chi connectivity index (χ1) is 10.9. The molecular formula is C13H10ClN3O4S2. The number of nitrogens with one attached hydrogen (secondary N) is 1. The second kappa shape index (κ2) is 5.91. The highest BCUT2D eigenvalue weighted by Crippen LogP contribution is 2.29. The third kappa shape index (κ3) is 3.07. The summed E-state index contributed by atoms with van der Waals surface area (Å²) >= 11 is 7.25. The molecule has 1 saturated heterocycles. The third-order valence-electron chi connectivity index (χ3n) is 3.16. The number of anilines is 2. The van der Waals surface area contributed by atoms with Crippen molar-refractivity contribution in [1.82, 2.24) is 4.98 Å². The molecule has 10 heteroatoms. The Morgan fingerprint density at radius 1 is 1.39 bits per heavy atom. The molecule has 1 fully saturated rings. The summed E-state index contributed by atoms with van der Waals surface area (Å²) in [7, 11) is -3.70. The van der Waals surface area contributed by atoms with E-state index < -0.39 is 21.8 Å². The van der Waals surface area contributed by atoms with E-state index in [4.69, 9.17) is 11.6 Å². The number of nitrogens with zero attached hydrogens (tertiary/aromatic N) is 2. The quantitative estimate of drug-likeness (QED) is 0.891. The smallest absolute Gasteiger partial charge is 0.259 e. The summed E-state index contributed by atoms with van der Waals surface area (Å²) in [6.45, 7) is 0. The minimum atomic E-state index is -3.70. The minimum Gasteiger partial charge on any atom is -0.298 e. The first-order valence-corrected chi connectivity index (χ1v) is 9.31. The largest absolute Gasteiger partial charge is 0.298 e. The van der Waals surface area contributed by atoms with Gasteiger partial charge in [-0.1, -0.05) is 11.6 Å². The van der Waals surface area contributed by atoms with Gasteiger partial charge in [0.05, 0.1) is 22.0 Å². The molecule has 7 nitrogen and oxygen atoms in total. The van der Waals surface area contributed by atoms with Crippen LogP contribution in [0.2, 0.25) is 5.02 Å². The lowest BCUT2D eigenvalue weighted by atomic mass is 10.2. The first-order valence-electron chi connectivity index (χ1n) is 6.45. The van der Waals surface area contributed by atoms with Crippen molar-refractivity contribution in [2.45, 2.75) is 6.42 Å². The Kier molecular flexibility index (Phi) is 4.09. The molecule has 0 spiro atoms. The van der Waals surface area contributed by atoms with Gasteiger partial charge in [0.1, 0.15) is 0 Å². The molecule has 0 bridgehead atoms. The molecular weight excluding hydrogens is 362 g/mol. The van der Waals surface area contributed by atoms with E-state index in [1.165, 1.54) is 35.7 Å². The van der Waals surface area contributed by atoms with E-state index in [9.17, 15) is 18.0 Å².